The molecule has 1 aliphatic carbocycles. The summed E-state index contributed by atoms with van der Waals surface area (Å²) in [6.07, 6.45) is 6.97. The summed E-state index contributed by atoms with van der Waals surface area (Å²) in [5, 5.41) is 5.50. The van der Waals surface area contributed by atoms with Crippen LogP contribution in [0.5, 0.6) is 0 Å². The molecule has 0 radical (unpaired) electrons. The van der Waals surface area contributed by atoms with Crippen molar-refractivity contribution in [2.75, 3.05) is 0 Å². The van der Waals surface area contributed by atoms with Gasteiger partial charge in [0, 0.05) is 15.5 Å². The van der Waals surface area contributed by atoms with Gasteiger partial charge in [0.1, 0.15) is 11.4 Å². The van der Waals surface area contributed by atoms with Crippen LogP contribution in [0.3, 0.4) is 0 Å². The van der Waals surface area contributed by atoms with Gasteiger partial charge in [-0.2, -0.15) is 5.10 Å². The lowest BCUT2D eigenvalue weighted by atomic mass is 9.97. The lowest BCUT2D eigenvalue weighted by molar-refractivity contribution is -0.121. The molecule has 6 nitrogen and oxygen atoms in total. The molecular formula is C19H16Cl2N4O2S. The number of nitrogens with zero attached hydrogens (tertiary/aromatic N) is 3. The number of fused-ring (bicyclic) bond motifs is 3. The van der Waals surface area contributed by atoms with Crippen LogP contribution in [0.25, 0.3) is 10.2 Å². The van der Waals surface area contributed by atoms with Crippen LogP contribution in [0, 0.1) is 0 Å². The van der Waals surface area contributed by atoms with E-state index in [1.54, 1.807) is 29.5 Å². The molecule has 2 aromatic heterocycles. The number of hydrogen-bond acceptors (Lipinski definition) is 5. The van der Waals surface area contributed by atoms with E-state index in [4.69, 9.17) is 23.2 Å². The van der Waals surface area contributed by atoms with Crippen molar-refractivity contribution in [2.24, 2.45) is 5.10 Å². The first kappa shape index (κ1) is 19.1. The maximum Gasteiger partial charge on any atom is 0.262 e. The van der Waals surface area contributed by atoms with Crippen LogP contribution >= 0.6 is 34.5 Å². The van der Waals surface area contributed by atoms with E-state index in [9.17, 15) is 9.59 Å². The van der Waals surface area contributed by atoms with Crippen LogP contribution in [-0.4, -0.2) is 21.7 Å². The van der Waals surface area contributed by atoms with Crippen molar-refractivity contribution in [3.05, 3.63) is 60.9 Å². The van der Waals surface area contributed by atoms with Crippen molar-refractivity contribution in [3.8, 4) is 0 Å². The molecule has 0 aliphatic heterocycles. The highest BCUT2D eigenvalue weighted by molar-refractivity contribution is 7.18. The summed E-state index contributed by atoms with van der Waals surface area (Å²) in [5.74, 6) is -0.423. The summed E-state index contributed by atoms with van der Waals surface area (Å²) in [6, 6.07) is 4.97. The summed E-state index contributed by atoms with van der Waals surface area (Å²) in [7, 11) is 0. The minimum atomic E-state index is -0.423. The molecule has 0 fully saturated rings. The van der Waals surface area contributed by atoms with Crippen LogP contribution in [-0.2, 0) is 24.2 Å². The number of carbonyl (C=O) groups excluding carboxylic acids is 1. The minimum absolute atomic E-state index is 0.155. The summed E-state index contributed by atoms with van der Waals surface area (Å²) < 4.78 is 1.32. The quantitative estimate of drug-likeness (QED) is 0.501. The zero-order valence-electron chi connectivity index (χ0n) is 14.7. The second kappa shape index (κ2) is 8.03. The Morgan fingerprint density at radius 3 is 2.96 bits per heavy atom. The maximum atomic E-state index is 12.9. The van der Waals surface area contributed by atoms with E-state index in [0.717, 1.165) is 36.1 Å². The van der Waals surface area contributed by atoms with Gasteiger partial charge >= 0.3 is 0 Å². The van der Waals surface area contributed by atoms with Gasteiger partial charge in [0.25, 0.3) is 11.5 Å². The predicted octanol–water partition coefficient (Wildman–Crippen LogP) is 3.79. The third-order valence-electron chi connectivity index (χ3n) is 4.61. The van der Waals surface area contributed by atoms with Crippen molar-refractivity contribution in [3.63, 3.8) is 0 Å². The number of aryl methyl sites for hydroxylation is 2. The largest absolute Gasteiger partial charge is 0.289 e. The Labute approximate surface area is 174 Å². The van der Waals surface area contributed by atoms with Gasteiger partial charge in [-0.05, 0) is 43.4 Å². The maximum absolute atomic E-state index is 12.9. The van der Waals surface area contributed by atoms with Crippen LogP contribution in [0.4, 0.5) is 0 Å². The predicted molar refractivity (Wildman–Crippen MR) is 113 cm³/mol. The zero-order valence-corrected chi connectivity index (χ0v) is 17.1. The van der Waals surface area contributed by atoms with Gasteiger partial charge in [-0.25, -0.2) is 10.4 Å². The monoisotopic (exact) mass is 434 g/mol. The molecule has 28 heavy (non-hydrogen) atoms. The highest BCUT2D eigenvalue weighted by Crippen LogP contribution is 2.33. The number of carbonyl (C=O) groups is 1. The van der Waals surface area contributed by atoms with Crippen molar-refractivity contribution in [1.29, 1.82) is 0 Å². The fourth-order valence-corrected chi connectivity index (χ4v) is 4.94. The van der Waals surface area contributed by atoms with Gasteiger partial charge < -0.3 is 0 Å². The molecule has 3 aromatic rings. The Morgan fingerprint density at radius 2 is 2.14 bits per heavy atom. The standard InChI is InChI=1S/C19H16Cl2N4O2S/c20-12-6-5-11(14(21)7-12)8-23-24-16(26)9-25-10-22-18-17(19(25)27)13-3-1-2-4-15(13)28-18/h5-8,10H,1-4,9H2,(H,24,26)/b23-8-. The van der Waals surface area contributed by atoms with E-state index in [2.05, 4.69) is 15.5 Å². The summed E-state index contributed by atoms with van der Waals surface area (Å²) in [6.45, 7) is -0.155. The summed E-state index contributed by atoms with van der Waals surface area (Å²) >= 11 is 13.5. The van der Waals surface area contributed by atoms with Gasteiger partial charge in [0.05, 0.1) is 23.0 Å². The SMILES string of the molecule is O=C(Cn1cnc2sc3c(c2c1=O)CCCC3)N/N=C\c1ccc(Cl)cc1Cl. The molecule has 4 rings (SSSR count). The van der Waals surface area contributed by atoms with Crippen LogP contribution in [0.1, 0.15) is 28.8 Å². The summed E-state index contributed by atoms with van der Waals surface area (Å²) in [4.78, 5) is 31.4. The van der Waals surface area contributed by atoms with E-state index < -0.39 is 5.91 Å². The van der Waals surface area contributed by atoms with E-state index >= 15 is 0 Å². The van der Waals surface area contributed by atoms with E-state index in [1.807, 2.05) is 0 Å². The Kier molecular flexibility index (Phi) is 5.48. The first-order chi connectivity index (χ1) is 13.5. The molecule has 0 atom stereocenters. The number of hydrogen-bond donors (Lipinski definition) is 1. The van der Waals surface area contributed by atoms with Crippen LogP contribution in [0.15, 0.2) is 34.4 Å². The van der Waals surface area contributed by atoms with Gasteiger partial charge in [-0.15, -0.1) is 11.3 Å². The number of nitrogens with one attached hydrogen (secondary N) is 1. The molecule has 0 unspecified atom stereocenters. The zero-order chi connectivity index (χ0) is 19.7. The fraction of sp³-hybridized carbons (Fsp3) is 0.263. The highest BCUT2D eigenvalue weighted by atomic mass is 35.5. The average Bonchev–Trinajstić information content (AvgIpc) is 3.05. The van der Waals surface area contributed by atoms with Crippen molar-refractivity contribution in [2.45, 2.75) is 32.2 Å². The molecule has 1 aromatic carbocycles. The lowest BCUT2D eigenvalue weighted by Gasteiger charge is -2.10. The van der Waals surface area contributed by atoms with Gasteiger partial charge in [-0.3, -0.25) is 14.2 Å². The third kappa shape index (κ3) is 3.83. The van der Waals surface area contributed by atoms with E-state index in [1.165, 1.54) is 22.0 Å². The van der Waals surface area contributed by atoms with Crippen LogP contribution < -0.4 is 11.0 Å². The molecule has 0 spiro atoms. The Bertz CT molecular complexity index is 1150. The molecule has 0 saturated carbocycles. The van der Waals surface area contributed by atoms with Gasteiger partial charge in [-0.1, -0.05) is 29.3 Å². The Morgan fingerprint density at radius 1 is 1.32 bits per heavy atom. The molecule has 0 bridgehead atoms. The number of benzene rings is 1. The van der Waals surface area contributed by atoms with Crippen molar-refractivity contribution >= 4 is 56.9 Å². The number of amides is 1. The number of halogens is 2. The third-order valence-corrected chi connectivity index (χ3v) is 6.37. The molecule has 144 valence electrons. The fourth-order valence-electron chi connectivity index (χ4n) is 3.26. The van der Waals surface area contributed by atoms with Crippen molar-refractivity contribution < 1.29 is 4.79 Å². The molecule has 1 aliphatic rings. The van der Waals surface area contributed by atoms with Gasteiger partial charge in [0.2, 0.25) is 0 Å². The Balaban J connectivity index is 1.50. The summed E-state index contributed by atoms with van der Waals surface area (Å²) in [5.41, 5.74) is 3.96. The lowest BCUT2D eigenvalue weighted by Crippen LogP contribution is -2.30. The average molecular weight is 435 g/mol. The molecule has 0 saturated heterocycles. The molecule has 9 heteroatoms. The number of hydrazone groups is 1. The van der Waals surface area contributed by atoms with Crippen LogP contribution in [0.2, 0.25) is 10.0 Å². The minimum Gasteiger partial charge on any atom is -0.289 e. The topological polar surface area (TPSA) is 76.3 Å². The first-order valence-electron chi connectivity index (χ1n) is 8.79. The van der Waals surface area contributed by atoms with E-state index in [0.29, 0.717) is 21.0 Å². The van der Waals surface area contributed by atoms with Crippen molar-refractivity contribution in [1.82, 2.24) is 15.0 Å². The second-order valence-electron chi connectivity index (χ2n) is 6.53. The smallest absolute Gasteiger partial charge is 0.262 e. The second-order valence-corrected chi connectivity index (χ2v) is 8.45. The Hall–Kier alpha value is -2.22. The van der Waals surface area contributed by atoms with E-state index in [-0.39, 0.29) is 12.1 Å². The first-order valence-corrected chi connectivity index (χ1v) is 10.4. The normalized spacial score (nSPS) is 13.8. The molecule has 2 heterocycles. The molecular weight excluding hydrogens is 419 g/mol. The molecule has 1 amide bonds. The number of aromatic nitrogens is 2. The number of rotatable bonds is 4. The van der Waals surface area contributed by atoms with Gasteiger partial charge in [0.15, 0.2) is 0 Å². The molecule has 1 N–H and O–H groups in total. The highest BCUT2D eigenvalue weighted by Gasteiger charge is 2.20. The number of thiophene rings is 1.